The second-order valence-electron chi connectivity index (χ2n) is 9.83. The van der Waals surface area contributed by atoms with Crippen molar-refractivity contribution in [2.24, 2.45) is 5.92 Å². The van der Waals surface area contributed by atoms with Crippen LogP contribution in [0.5, 0.6) is 5.75 Å². The minimum atomic E-state index is -4.25. The van der Waals surface area contributed by atoms with E-state index < -0.39 is 27.7 Å². The Hall–Kier alpha value is -3.47. The number of carbonyl (C=O) groups is 1. The summed E-state index contributed by atoms with van der Waals surface area (Å²) in [6, 6.07) is 20.3. The maximum Gasteiger partial charge on any atom is 0.407 e. The molecule has 0 aliphatic carbocycles. The number of nitrogens with zero attached hydrogens (tertiary/aromatic N) is 2. The first-order chi connectivity index (χ1) is 18.4. The third-order valence-corrected chi connectivity index (χ3v) is 8.25. The zero-order valence-corrected chi connectivity index (χ0v) is 23.1. The first-order valence-corrected chi connectivity index (χ1v) is 14.0. The van der Waals surface area contributed by atoms with Crippen molar-refractivity contribution >= 4 is 16.1 Å². The van der Waals surface area contributed by atoms with Gasteiger partial charge >= 0.3 is 6.09 Å². The average Bonchev–Trinajstić information content (AvgIpc) is 2.91. The predicted molar refractivity (Wildman–Crippen MR) is 146 cm³/mol. The molecule has 0 aromatic heterocycles. The molecule has 8 nitrogen and oxygen atoms in total. The average molecular weight is 559 g/mol. The number of hydrogen-bond acceptors (Lipinski definition) is 5. The lowest BCUT2D eigenvalue weighted by molar-refractivity contribution is -0.0752. The molecule has 0 bridgehead atoms. The molecule has 0 fully saturated rings. The molecule has 0 saturated carbocycles. The van der Waals surface area contributed by atoms with Crippen molar-refractivity contribution in [1.82, 2.24) is 9.21 Å². The summed E-state index contributed by atoms with van der Waals surface area (Å²) in [6.07, 6.45) is -1.59. The van der Waals surface area contributed by atoms with Gasteiger partial charge in [0.25, 0.3) is 0 Å². The summed E-state index contributed by atoms with van der Waals surface area (Å²) in [5.74, 6) is -0.159. The van der Waals surface area contributed by atoms with Crippen LogP contribution in [0.4, 0.5) is 9.18 Å². The van der Waals surface area contributed by atoms with E-state index in [2.05, 4.69) is 0 Å². The second kappa shape index (κ2) is 13.1. The minimum absolute atomic E-state index is 0.0299. The van der Waals surface area contributed by atoms with Crippen molar-refractivity contribution in [3.05, 3.63) is 95.8 Å². The number of benzene rings is 3. The highest BCUT2D eigenvalue weighted by molar-refractivity contribution is 7.89. The molecule has 3 rings (SSSR count). The fourth-order valence-electron chi connectivity index (χ4n) is 4.29. The lowest BCUT2D eigenvalue weighted by atomic mass is 9.98. The van der Waals surface area contributed by atoms with Crippen LogP contribution in [-0.2, 0) is 23.0 Å². The van der Waals surface area contributed by atoms with Gasteiger partial charge in [0.2, 0.25) is 10.0 Å². The Balaban J connectivity index is 2.03. The molecule has 39 heavy (non-hydrogen) atoms. The van der Waals surface area contributed by atoms with Crippen LogP contribution < -0.4 is 4.74 Å². The highest BCUT2D eigenvalue weighted by atomic mass is 32.2. The molecule has 2 N–H and O–H groups in total. The number of aliphatic hydroxyl groups is 1. The van der Waals surface area contributed by atoms with Crippen LogP contribution >= 0.6 is 0 Å². The number of rotatable bonds is 13. The quantitative estimate of drug-likeness (QED) is 0.287. The Morgan fingerprint density at radius 2 is 1.59 bits per heavy atom. The number of amides is 1. The standard InChI is InChI=1S/C29H35FN2O6S/c1-22(2)20-32(39(36,37)27-15-13-26(38-3)14-16-27)29(35,19-23-9-11-25(30)12-10-23)17-18-31(28(33)34)21-24-7-5-4-6-8-24/h4-16,22,35H,17-21H2,1-3H3,(H,33,34). The van der Waals surface area contributed by atoms with Gasteiger partial charge in [0.05, 0.1) is 12.0 Å². The van der Waals surface area contributed by atoms with Crippen LogP contribution in [0.2, 0.25) is 0 Å². The van der Waals surface area contributed by atoms with Crippen LogP contribution in [-0.4, -0.2) is 59.9 Å². The fourth-order valence-corrected chi connectivity index (χ4v) is 6.12. The molecule has 1 amide bonds. The Bertz CT molecular complexity index is 1320. The topological polar surface area (TPSA) is 107 Å². The lowest BCUT2D eigenvalue weighted by Crippen LogP contribution is -2.56. The molecule has 0 aliphatic heterocycles. The summed E-state index contributed by atoms with van der Waals surface area (Å²) in [5, 5.41) is 22.0. The zero-order chi connectivity index (χ0) is 28.6. The summed E-state index contributed by atoms with van der Waals surface area (Å²) in [4.78, 5) is 13.2. The van der Waals surface area contributed by atoms with E-state index in [9.17, 15) is 27.8 Å². The van der Waals surface area contributed by atoms with Gasteiger partial charge in [-0.1, -0.05) is 56.3 Å². The van der Waals surface area contributed by atoms with E-state index in [0.717, 1.165) is 14.8 Å². The van der Waals surface area contributed by atoms with E-state index in [1.807, 2.05) is 19.9 Å². The number of halogens is 1. The minimum Gasteiger partial charge on any atom is -0.497 e. The van der Waals surface area contributed by atoms with Crippen molar-refractivity contribution in [3.63, 3.8) is 0 Å². The number of hydrogen-bond donors (Lipinski definition) is 2. The highest BCUT2D eigenvalue weighted by Crippen LogP contribution is 2.32. The van der Waals surface area contributed by atoms with E-state index >= 15 is 0 Å². The van der Waals surface area contributed by atoms with Crippen LogP contribution in [0.25, 0.3) is 0 Å². The van der Waals surface area contributed by atoms with Crippen molar-refractivity contribution in [3.8, 4) is 5.75 Å². The Morgan fingerprint density at radius 3 is 2.13 bits per heavy atom. The van der Waals surface area contributed by atoms with E-state index in [-0.39, 0.29) is 43.3 Å². The van der Waals surface area contributed by atoms with Crippen molar-refractivity contribution < 1.29 is 32.6 Å². The highest BCUT2D eigenvalue weighted by Gasteiger charge is 2.43. The van der Waals surface area contributed by atoms with Gasteiger partial charge in [-0.2, -0.15) is 4.31 Å². The SMILES string of the molecule is COc1ccc(S(=O)(=O)N(CC(C)C)C(O)(CCN(Cc2ccccc2)C(=O)O)Cc2ccc(F)cc2)cc1. The molecule has 3 aromatic carbocycles. The van der Waals surface area contributed by atoms with Crippen LogP contribution in [0, 0.1) is 11.7 Å². The van der Waals surface area contributed by atoms with E-state index in [4.69, 9.17) is 4.74 Å². The van der Waals surface area contributed by atoms with E-state index in [0.29, 0.717) is 11.3 Å². The Kier molecular flexibility index (Phi) is 10.1. The molecule has 210 valence electrons. The maximum absolute atomic E-state index is 14.0. The first-order valence-electron chi connectivity index (χ1n) is 12.6. The second-order valence-corrected chi connectivity index (χ2v) is 11.7. The van der Waals surface area contributed by atoms with Crippen LogP contribution in [0.1, 0.15) is 31.4 Å². The van der Waals surface area contributed by atoms with Crippen LogP contribution in [0.3, 0.4) is 0 Å². The zero-order valence-electron chi connectivity index (χ0n) is 22.3. The number of carboxylic acid groups (broad SMARTS) is 1. The number of methoxy groups -OCH3 is 1. The molecular formula is C29H35FN2O6S. The molecule has 0 saturated heterocycles. The van der Waals surface area contributed by atoms with Crippen molar-refractivity contribution in [2.45, 2.75) is 43.9 Å². The summed E-state index contributed by atoms with van der Waals surface area (Å²) in [5.41, 5.74) is -0.764. The molecule has 0 aliphatic rings. The molecular weight excluding hydrogens is 523 g/mol. The monoisotopic (exact) mass is 558 g/mol. The van der Waals surface area contributed by atoms with E-state index in [1.54, 1.807) is 24.3 Å². The summed E-state index contributed by atoms with van der Waals surface area (Å²) >= 11 is 0. The molecule has 1 atom stereocenters. The molecule has 3 aromatic rings. The molecule has 0 radical (unpaired) electrons. The molecule has 10 heteroatoms. The summed E-state index contributed by atoms with van der Waals surface area (Å²) in [6.45, 7) is 3.55. The maximum atomic E-state index is 14.0. The smallest absolute Gasteiger partial charge is 0.407 e. The first kappa shape index (κ1) is 30.1. The van der Waals surface area contributed by atoms with Crippen LogP contribution in [0.15, 0.2) is 83.8 Å². The molecule has 0 spiro atoms. The van der Waals surface area contributed by atoms with Gasteiger partial charge in [0.15, 0.2) is 0 Å². The van der Waals surface area contributed by atoms with Crippen molar-refractivity contribution in [2.75, 3.05) is 20.2 Å². The van der Waals surface area contributed by atoms with E-state index in [1.165, 1.54) is 55.6 Å². The summed E-state index contributed by atoms with van der Waals surface area (Å²) in [7, 11) is -2.77. The Labute approximate surface area is 229 Å². The Morgan fingerprint density at radius 1 is 0.974 bits per heavy atom. The molecule has 0 heterocycles. The van der Waals surface area contributed by atoms with Gasteiger partial charge in [-0.25, -0.2) is 17.6 Å². The third-order valence-electron chi connectivity index (χ3n) is 6.31. The van der Waals surface area contributed by atoms with Gasteiger partial charge in [-0.3, -0.25) is 0 Å². The van der Waals surface area contributed by atoms with Gasteiger partial charge in [0, 0.05) is 32.5 Å². The van der Waals surface area contributed by atoms with Gasteiger partial charge < -0.3 is 19.8 Å². The lowest BCUT2D eigenvalue weighted by Gasteiger charge is -2.41. The predicted octanol–water partition coefficient (Wildman–Crippen LogP) is 4.98. The third kappa shape index (κ3) is 8.01. The molecule has 1 unspecified atom stereocenters. The van der Waals surface area contributed by atoms with Gasteiger partial charge in [-0.15, -0.1) is 0 Å². The van der Waals surface area contributed by atoms with Gasteiger partial charge in [-0.05, 0) is 53.4 Å². The largest absolute Gasteiger partial charge is 0.497 e. The fraction of sp³-hybridized carbons (Fsp3) is 0.345. The summed E-state index contributed by atoms with van der Waals surface area (Å²) < 4.78 is 47.7. The van der Waals surface area contributed by atoms with Gasteiger partial charge in [0.1, 0.15) is 17.3 Å². The number of sulfonamides is 1. The number of ether oxygens (including phenoxy) is 1. The van der Waals surface area contributed by atoms with Crippen molar-refractivity contribution in [1.29, 1.82) is 0 Å². The normalized spacial score (nSPS) is 13.3.